The number of carbonyl (C=O) groups excluding carboxylic acids is 3. The van der Waals surface area contributed by atoms with Crippen LogP contribution in [0.15, 0.2) is 0 Å². The zero-order valence-corrected chi connectivity index (χ0v) is 58.6. The van der Waals surface area contributed by atoms with Crippen molar-refractivity contribution in [2.24, 2.45) is 59.6 Å². The maximum atomic E-state index is 12.3. The summed E-state index contributed by atoms with van der Waals surface area (Å²) < 4.78 is 31.3. The number of aliphatic hydroxyl groups excluding tert-OH is 32. The zero-order chi connectivity index (χ0) is 80.1. The molecule has 0 aromatic rings. The van der Waals surface area contributed by atoms with Gasteiger partial charge in [-0.15, -0.1) is 0 Å². The van der Waals surface area contributed by atoms with Crippen molar-refractivity contribution in [3.05, 3.63) is 0 Å². The Morgan fingerprint density at radius 2 is 0.396 bits per heavy atom. The van der Waals surface area contributed by atoms with E-state index in [1.807, 2.05) is 0 Å². The third-order valence-electron chi connectivity index (χ3n) is 16.0. The van der Waals surface area contributed by atoms with Crippen molar-refractivity contribution in [1.29, 1.82) is 0 Å². The van der Waals surface area contributed by atoms with Crippen molar-refractivity contribution >= 4 is 17.9 Å². The standard InChI is InChI=1S/C20H36O12.C15H32O10.C10H22O7.C5H12O5.C5H12O4.C5H12O3/c1-17(11-30-14(27)18(2,5-21)6-22,12-31-15(28)19(3,7-23)8-24)13-32-16(29)20(4,9-25)10-26;16-1-13(2-17,3-18)9-24-11-15(7-22,8-23)12-25-10-14(4-19,5-20)6-21;11-1-9(2-12,3-13)7-17-8-10(4-14,5-15)6-16;6-1-3(8)5(10)4(9)2-7;6-1-5(2-7,3-8)4-9;1-5(2-6,3-7)4-8/h21-26H,5-13H2,1-4H3;16-23H,1-12H2;11-16H,1-8H2;3-10H,1-2H2;6-9H,1-4H2;6-8H,2-4H2,1H3. The third-order valence-corrected chi connectivity index (χ3v) is 16.0. The van der Waals surface area contributed by atoms with Crippen LogP contribution in [0.4, 0.5) is 0 Å². The van der Waals surface area contributed by atoms with Crippen molar-refractivity contribution in [2.45, 2.75) is 52.9 Å². The van der Waals surface area contributed by atoms with Crippen molar-refractivity contribution in [2.75, 3.05) is 251 Å². The molecule has 0 aliphatic heterocycles. The lowest BCUT2D eigenvalue weighted by molar-refractivity contribution is -0.177. The molecule has 0 aliphatic rings. The fraction of sp³-hybridized carbons (Fsp3) is 0.950. The SMILES string of the molecule is CC(CO)(CO)CO.CC(COC(=O)C(C)(CO)CO)(COC(=O)C(C)(CO)CO)COC(=O)C(C)(CO)CO.OCC(CO)(CO)CO.OCC(CO)(CO)COCC(CO)(CO)CO.OCC(CO)(CO)COCC(CO)(CO)COCC(CO)(CO)CO.OCC(O)C(O)C(O)CO. The van der Waals surface area contributed by atoms with E-state index in [1.54, 1.807) is 6.92 Å². The van der Waals surface area contributed by atoms with E-state index in [4.69, 9.17) is 120 Å². The molecule has 0 spiro atoms. The minimum Gasteiger partial charge on any atom is -0.464 e. The topological polar surface area (TPSA) is 754 Å². The van der Waals surface area contributed by atoms with Gasteiger partial charge in [-0.25, -0.2) is 0 Å². The zero-order valence-electron chi connectivity index (χ0n) is 58.6. The number of aliphatic hydroxyl groups is 32. The molecule has 101 heavy (non-hydrogen) atoms. The highest BCUT2D eigenvalue weighted by atomic mass is 16.6. The first-order valence-electron chi connectivity index (χ1n) is 31.2. The van der Waals surface area contributed by atoms with Crippen molar-refractivity contribution in [1.82, 2.24) is 0 Å². The molecule has 41 nitrogen and oxygen atoms in total. The van der Waals surface area contributed by atoms with E-state index in [0.29, 0.717) is 0 Å². The van der Waals surface area contributed by atoms with E-state index < -0.39 is 287 Å². The number of esters is 3. The second-order valence-electron chi connectivity index (χ2n) is 26.8. The maximum Gasteiger partial charge on any atom is 0.316 e. The number of carbonyl (C=O) groups is 3. The highest BCUT2D eigenvalue weighted by Gasteiger charge is 2.43. The molecule has 0 aromatic heterocycles. The summed E-state index contributed by atoms with van der Waals surface area (Å²) in [6.07, 6.45) is -4.29. The second kappa shape index (κ2) is 57.2. The largest absolute Gasteiger partial charge is 0.464 e. The molecule has 0 heterocycles. The molecule has 0 radical (unpaired) electrons. The Bertz CT molecular complexity index is 1770. The normalized spacial score (nSPS) is 13.6. The van der Waals surface area contributed by atoms with Gasteiger partial charge in [-0.3, -0.25) is 14.4 Å². The lowest BCUT2D eigenvalue weighted by atomic mass is 9.90. The molecule has 0 rings (SSSR count). The highest BCUT2D eigenvalue weighted by Crippen LogP contribution is 2.28. The predicted molar refractivity (Wildman–Crippen MR) is 344 cm³/mol. The fourth-order valence-electron chi connectivity index (χ4n) is 5.70. The van der Waals surface area contributed by atoms with Crippen LogP contribution in [0.3, 0.4) is 0 Å². The fourth-order valence-corrected chi connectivity index (χ4v) is 5.70. The summed E-state index contributed by atoms with van der Waals surface area (Å²) in [5, 5.41) is 287. The number of hydrogen-bond acceptors (Lipinski definition) is 41. The molecule has 0 saturated carbocycles. The van der Waals surface area contributed by atoms with E-state index in [0.717, 1.165) is 0 Å². The summed E-state index contributed by atoms with van der Waals surface area (Å²) in [5.74, 6) is -2.84. The summed E-state index contributed by atoms with van der Waals surface area (Å²) in [6.45, 7) is -9.98. The van der Waals surface area contributed by atoms with Crippen LogP contribution in [0, 0.1) is 59.6 Å². The van der Waals surface area contributed by atoms with E-state index in [9.17, 15) is 85.9 Å². The summed E-state index contributed by atoms with van der Waals surface area (Å²) >= 11 is 0. The summed E-state index contributed by atoms with van der Waals surface area (Å²) in [4.78, 5) is 36.8. The molecule has 2 unspecified atom stereocenters. The Labute approximate surface area is 586 Å². The quantitative estimate of drug-likeness (QED) is 0.0199. The van der Waals surface area contributed by atoms with E-state index >= 15 is 0 Å². The first-order chi connectivity index (χ1) is 47.3. The maximum absolute atomic E-state index is 12.3. The average molecular weight is 1500 g/mol. The number of ether oxygens (including phenoxy) is 6. The molecule has 612 valence electrons. The lowest BCUT2D eigenvalue weighted by Crippen LogP contribution is -2.45. The Morgan fingerprint density at radius 1 is 0.228 bits per heavy atom. The average Bonchev–Trinajstić information content (AvgIpc) is 0.845. The van der Waals surface area contributed by atoms with Gasteiger partial charge in [0.2, 0.25) is 0 Å². The van der Waals surface area contributed by atoms with Gasteiger partial charge in [0.25, 0.3) is 0 Å². The van der Waals surface area contributed by atoms with Gasteiger partial charge < -0.3 is 192 Å². The van der Waals surface area contributed by atoms with Crippen LogP contribution >= 0.6 is 0 Å². The van der Waals surface area contributed by atoms with Crippen molar-refractivity contribution in [3.63, 3.8) is 0 Å². The van der Waals surface area contributed by atoms with Crippen LogP contribution in [0.5, 0.6) is 0 Å². The molecule has 32 N–H and O–H groups in total. The molecule has 0 bridgehead atoms. The second-order valence-corrected chi connectivity index (χ2v) is 26.8. The molecule has 0 fully saturated rings. The Hall–Kier alpha value is -2.99. The van der Waals surface area contributed by atoms with Gasteiger partial charge >= 0.3 is 17.9 Å². The predicted octanol–water partition coefficient (Wildman–Crippen LogP) is -15.6. The van der Waals surface area contributed by atoms with Gasteiger partial charge in [-0.05, 0) is 27.7 Å². The Kier molecular flexibility index (Phi) is 61.7. The molecular formula is C60H126O41. The third kappa shape index (κ3) is 38.9. The van der Waals surface area contributed by atoms with Crippen LogP contribution in [-0.2, 0) is 42.8 Å². The monoisotopic (exact) mass is 1500 g/mol. The summed E-state index contributed by atoms with van der Waals surface area (Å²) in [6, 6.07) is 0. The highest BCUT2D eigenvalue weighted by molar-refractivity contribution is 5.78. The molecule has 41 heteroatoms. The van der Waals surface area contributed by atoms with E-state index in [-0.39, 0.29) is 59.5 Å². The smallest absolute Gasteiger partial charge is 0.316 e. The summed E-state index contributed by atoms with van der Waals surface area (Å²) in [7, 11) is 0. The molecule has 0 amide bonds. The first kappa shape index (κ1) is 109. The minimum atomic E-state index is -1.59. The first-order valence-corrected chi connectivity index (χ1v) is 31.2. The van der Waals surface area contributed by atoms with Gasteiger partial charge in [0, 0.05) is 5.41 Å². The van der Waals surface area contributed by atoms with Gasteiger partial charge in [-0.2, -0.15) is 0 Å². The van der Waals surface area contributed by atoms with Crippen LogP contribution in [0.2, 0.25) is 0 Å². The molecule has 0 saturated heterocycles. The molecule has 2 atom stereocenters. The Morgan fingerprint density at radius 3 is 0.515 bits per heavy atom. The van der Waals surface area contributed by atoms with Crippen LogP contribution < -0.4 is 0 Å². The molecule has 0 aliphatic carbocycles. The summed E-state index contributed by atoms with van der Waals surface area (Å²) in [5.41, 5.74) is -13.9. The van der Waals surface area contributed by atoms with Gasteiger partial charge in [0.05, 0.1) is 269 Å². The van der Waals surface area contributed by atoms with Crippen molar-refractivity contribution in [3.8, 4) is 0 Å². The van der Waals surface area contributed by atoms with Crippen LogP contribution in [0.25, 0.3) is 0 Å². The van der Waals surface area contributed by atoms with E-state index in [2.05, 4.69) is 0 Å². The number of rotatable bonds is 52. The van der Waals surface area contributed by atoms with Gasteiger partial charge in [0.1, 0.15) is 54.4 Å². The molecule has 0 aromatic carbocycles. The minimum absolute atomic E-state index is 0.141. The van der Waals surface area contributed by atoms with E-state index in [1.165, 1.54) is 27.7 Å². The van der Waals surface area contributed by atoms with Gasteiger partial charge in [-0.1, -0.05) is 6.92 Å². The molecular weight excluding hydrogens is 1380 g/mol. The Balaban J connectivity index is -0.000000289. The lowest BCUT2D eigenvalue weighted by Gasteiger charge is -2.34. The van der Waals surface area contributed by atoms with Gasteiger partial charge in [0.15, 0.2) is 0 Å². The number of hydrogen-bond donors (Lipinski definition) is 32. The van der Waals surface area contributed by atoms with Crippen LogP contribution in [-0.4, -0.2) is 451 Å². The van der Waals surface area contributed by atoms with Crippen molar-refractivity contribution < 1.29 is 206 Å². The van der Waals surface area contributed by atoms with Crippen LogP contribution in [0.1, 0.15) is 34.6 Å².